The summed E-state index contributed by atoms with van der Waals surface area (Å²) in [5.41, 5.74) is 10.4. The Balaban J connectivity index is 0.000000217. The van der Waals surface area contributed by atoms with Gasteiger partial charge in [0, 0.05) is 92.8 Å². The Hall–Kier alpha value is -9.92. The molecule has 558 valence electrons. The zero-order valence-corrected chi connectivity index (χ0v) is 59.8. The van der Waals surface area contributed by atoms with E-state index in [2.05, 4.69) is 42.5 Å². The molecule has 27 heteroatoms. The van der Waals surface area contributed by atoms with Crippen molar-refractivity contribution in [3.63, 3.8) is 0 Å². The Morgan fingerprint density at radius 3 is 1.03 bits per heavy atom. The van der Waals surface area contributed by atoms with Gasteiger partial charge in [-0.2, -0.15) is 19.6 Å². The minimum atomic E-state index is -3.28. The Kier molecular flexibility index (Phi) is 29.4. The highest BCUT2D eigenvalue weighted by Gasteiger charge is 2.31. The molecule has 3 amide bonds. The van der Waals surface area contributed by atoms with Crippen LogP contribution in [0, 0.1) is 0 Å². The molecule has 14 rings (SSSR count). The normalized spacial score (nSPS) is 13.2. The maximum absolute atomic E-state index is 13.2. The van der Waals surface area contributed by atoms with E-state index in [9.17, 15) is 22.8 Å². The lowest BCUT2D eigenvalue weighted by atomic mass is 10.0. The number of rotatable bonds is 17. The second kappa shape index (κ2) is 37.4. The van der Waals surface area contributed by atoms with Crippen LogP contribution in [0.5, 0.6) is 0 Å². The first-order valence-corrected chi connectivity index (χ1v) is 36.0. The highest BCUT2D eigenvalue weighted by Crippen LogP contribution is 2.41. The molecule has 2 aliphatic rings. The number of sulfonamides is 1. The summed E-state index contributed by atoms with van der Waals surface area (Å²) in [6.45, 7) is 4.66. The van der Waals surface area contributed by atoms with Crippen molar-refractivity contribution < 1.29 is 22.8 Å². The van der Waals surface area contributed by atoms with Gasteiger partial charge in [0.1, 0.15) is 53.8 Å². The van der Waals surface area contributed by atoms with Crippen molar-refractivity contribution in [1.29, 1.82) is 0 Å². The summed E-state index contributed by atoms with van der Waals surface area (Å²) in [5.74, 6) is -0.225. The fourth-order valence-electron chi connectivity index (χ4n) is 12.2. The molecule has 0 unspecified atom stereocenters. The molecule has 2 aliphatic heterocycles. The summed E-state index contributed by atoms with van der Waals surface area (Å²) < 4.78 is 29.7. The fraction of sp³-hybridized carbons (Fsp3) is 0.316. The van der Waals surface area contributed by atoms with Gasteiger partial charge < -0.3 is 24.5 Å². The van der Waals surface area contributed by atoms with Crippen molar-refractivity contribution in [1.82, 2.24) is 88.7 Å². The third-order valence-corrected chi connectivity index (χ3v) is 20.3. The molecule has 23 nitrogen and oxygen atoms in total. The molecule has 0 spiro atoms. The standard InChI is InChI=1S/C26H27ClN6O.C24H23ClN6O3S.C24H25ClN6O.5CH4/c1-31-15-13-20(14-16-31)32(2)21(34)17-33-26-22(24(30-33)18-9-5-3-6-10-18)23(27)25(28-29-26)19-11-7-4-8-12-19;1-35(33,34)30-14-12-29(13-15-30)19(32)16-31-24-20(22(28-31)17-8-4-2-5-9-17)21(25)23(26-27-24)18-10-6-3-7-11-18;1-29(2)14-15-30(3)19(32)16-31-24-20(22(28-31)17-10-6-4-7-11-17)21(25)23(26-27-24)18-12-8-5-9-13-18;;;;;/h3-12,20H,13-17H2,1-2H3;2-11H,12-16H2,1H3;4-13H,14-16H2,1-3H3;5*1H4. The number of benzene rings is 6. The topological polar surface area (TPSA) is 236 Å². The molecule has 0 atom stereocenters. The van der Waals surface area contributed by atoms with Crippen LogP contribution < -0.4 is 0 Å². The van der Waals surface area contributed by atoms with Crippen LogP contribution in [0.3, 0.4) is 0 Å². The number of fused-ring (bicyclic) bond motifs is 3. The molecule has 2 fully saturated rings. The van der Waals surface area contributed by atoms with Crippen molar-refractivity contribution in [2.75, 3.05) is 93.9 Å². The molecule has 0 radical (unpaired) electrons. The number of hydrogen-bond donors (Lipinski definition) is 0. The molecule has 106 heavy (non-hydrogen) atoms. The lowest BCUT2D eigenvalue weighted by molar-refractivity contribution is -0.134. The molecule has 6 aromatic carbocycles. The second-order valence-electron chi connectivity index (χ2n) is 25.1. The second-order valence-corrected chi connectivity index (χ2v) is 28.2. The molecule has 0 aliphatic carbocycles. The minimum Gasteiger partial charge on any atom is -0.343 e. The number of piperazine rings is 1. The highest BCUT2D eigenvalue weighted by molar-refractivity contribution is 7.88. The van der Waals surface area contributed by atoms with Crippen LogP contribution in [0.1, 0.15) is 50.0 Å². The number of likely N-dealkylation sites (N-methyl/N-ethyl adjacent to an activating group) is 3. The zero-order chi connectivity index (χ0) is 70.9. The largest absolute Gasteiger partial charge is 0.343 e. The van der Waals surface area contributed by atoms with Gasteiger partial charge in [-0.15, -0.1) is 30.6 Å². The Labute approximate surface area is 637 Å². The predicted molar refractivity (Wildman–Crippen MR) is 430 cm³/mol. The number of aromatic nitrogens is 12. The Bertz CT molecular complexity index is 5010. The smallest absolute Gasteiger partial charge is 0.244 e. The van der Waals surface area contributed by atoms with Gasteiger partial charge in [-0.05, 0) is 47.1 Å². The number of hydrogen-bond acceptors (Lipinski definition) is 16. The Morgan fingerprint density at radius 1 is 0.415 bits per heavy atom. The van der Waals surface area contributed by atoms with E-state index in [1.165, 1.54) is 15.2 Å². The number of nitrogens with zero attached hydrogens (tertiary/aromatic N) is 18. The lowest BCUT2D eigenvalue weighted by Crippen LogP contribution is -2.51. The van der Waals surface area contributed by atoms with Crippen molar-refractivity contribution in [2.24, 2.45) is 0 Å². The number of halogens is 3. The third kappa shape index (κ3) is 18.8. The molecule has 12 aromatic rings. The van der Waals surface area contributed by atoms with Gasteiger partial charge in [0.2, 0.25) is 27.7 Å². The number of amides is 3. The first-order chi connectivity index (χ1) is 48.8. The molecule has 6 aromatic heterocycles. The highest BCUT2D eigenvalue weighted by atomic mass is 35.5. The summed E-state index contributed by atoms with van der Waals surface area (Å²) in [5, 5.41) is 44.2. The number of piperidine rings is 1. The molecule has 2 saturated heterocycles. The van der Waals surface area contributed by atoms with Crippen molar-refractivity contribution in [3.8, 4) is 67.5 Å². The van der Waals surface area contributed by atoms with Gasteiger partial charge in [0.15, 0.2) is 16.9 Å². The van der Waals surface area contributed by atoms with E-state index < -0.39 is 10.0 Å². The van der Waals surface area contributed by atoms with E-state index in [1.54, 1.807) is 26.2 Å². The quantitative estimate of drug-likeness (QED) is 0.0824. The average Bonchev–Trinajstić information content (AvgIpc) is 1.61. The van der Waals surface area contributed by atoms with E-state index in [-0.39, 0.29) is 93.6 Å². The summed E-state index contributed by atoms with van der Waals surface area (Å²) in [6, 6.07) is 58.4. The number of carbonyl (C=O) groups excluding carboxylic acids is 3. The minimum absolute atomic E-state index is 0. The SMILES string of the molecule is C.C.C.C.C.CN(C)CCN(C)C(=O)Cn1nc(-c2ccccc2)c2c(Cl)c(-c3ccccc3)nnc21.CN1CCC(N(C)C(=O)Cn2nc(-c3ccccc3)c3c(Cl)c(-c4ccccc4)nnc32)CC1.CS(=O)(=O)N1CCN(C(=O)Cn2nc(-c3ccccc3)c3c(Cl)c(-c4ccccc4)nnc32)CC1. The van der Waals surface area contributed by atoms with E-state index in [0.717, 1.165) is 65.9 Å². The maximum atomic E-state index is 13.2. The van der Waals surface area contributed by atoms with Crippen LogP contribution in [0.25, 0.3) is 101 Å². The van der Waals surface area contributed by atoms with Crippen LogP contribution in [0.15, 0.2) is 182 Å². The molecule has 0 saturated carbocycles. The van der Waals surface area contributed by atoms with Gasteiger partial charge in [-0.1, -0.05) is 254 Å². The van der Waals surface area contributed by atoms with Crippen molar-refractivity contribution >= 4 is 95.6 Å². The fourth-order valence-corrected chi connectivity index (χ4v) is 14.0. The zero-order valence-electron chi connectivity index (χ0n) is 56.7. The third-order valence-electron chi connectivity index (χ3n) is 17.9. The van der Waals surface area contributed by atoms with Crippen LogP contribution in [-0.2, 0) is 44.0 Å². The van der Waals surface area contributed by atoms with Gasteiger partial charge in [0.25, 0.3) is 0 Å². The monoisotopic (exact) mass is 1510 g/mol. The van der Waals surface area contributed by atoms with Gasteiger partial charge in [0.05, 0.1) is 37.5 Å². The van der Waals surface area contributed by atoms with E-state index in [0.29, 0.717) is 102 Å². The van der Waals surface area contributed by atoms with Gasteiger partial charge >= 0.3 is 0 Å². The van der Waals surface area contributed by atoms with Crippen molar-refractivity contribution in [2.45, 2.75) is 75.7 Å². The Morgan fingerprint density at radius 2 is 0.717 bits per heavy atom. The molecular weight excluding hydrogens is 1420 g/mol. The summed E-state index contributed by atoms with van der Waals surface area (Å²) in [6.07, 6.45) is 3.12. The predicted octanol–water partition coefficient (Wildman–Crippen LogP) is 14.3. The lowest BCUT2D eigenvalue weighted by Gasteiger charge is -2.35. The number of carbonyl (C=O) groups is 3. The van der Waals surface area contributed by atoms with Crippen LogP contribution >= 0.6 is 34.8 Å². The molecule has 0 N–H and O–H groups in total. The first-order valence-electron chi connectivity index (χ1n) is 33.0. The van der Waals surface area contributed by atoms with Crippen LogP contribution in [0.2, 0.25) is 15.1 Å². The van der Waals surface area contributed by atoms with E-state index in [1.807, 2.05) is 213 Å². The summed E-state index contributed by atoms with van der Waals surface area (Å²) in [4.78, 5) is 48.7. The van der Waals surface area contributed by atoms with Crippen molar-refractivity contribution in [3.05, 3.63) is 197 Å². The average molecular weight is 1520 g/mol. The summed E-state index contributed by atoms with van der Waals surface area (Å²) in [7, 11) is 6.48. The number of likely N-dealkylation sites (tertiary alicyclic amines) is 1. The summed E-state index contributed by atoms with van der Waals surface area (Å²) >= 11 is 20.7. The molecular formula is C79H95Cl3N18O5S. The van der Waals surface area contributed by atoms with Crippen LogP contribution in [0.4, 0.5) is 0 Å². The van der Waals surface area contributed by atoms with Crippen LogP contribution in [-0.4, -0.2) is 215 Å². The van der Waals surface area contributed by atoms with Gasteiger partial charge in [-0.3, -0.25) is 14.4 Å². The van der Waals surface area contributed by atoms with Gasteiger partial charge in [-0.25, -0.2) is 22.5 Å². The molecule has 0 bridgehead atoms. The van der Waals surface area contributed by atoms with E-state index in [4.69, 9.17) is 50.1 Å². The van der Waals surface area contributed by atoms with E-state index >= 15 is 0 Å². The first kappa shape index (κ1) is 83.4. The molecule has 8 heterocycles. The maximum Gasteiger partial charge on any atom is 0.244 e.